The maximum absolute atomic E-state index is 12.9. The van der Waals surface area contributed by atoms with Crippen molar-refractivity contribution in [2.24, 2.45) is 0 Å². The van der Waals surface area contributed by atoms with Crippen LogP contribution in [-0.4, -0.2) is 40.0 Å². The van der Waals surface area contributed by atoms with Gasteiger partial charge in [0.2, 0.25) is 0 Å². The predicted octanol–water partition coefficient (Wildman–Crippen LogP) is 4.99. The highest BCUT2D eigenvalue weighted by molar-refractivity contribution is 7.20. The number of aromatic nitrogens is 2. The molecule has 4 nitrogen and oxygen atoms in total. The number of carbonyl (C=O) groups is 1. The molecule has 0 atom stereocenters. The second-order valence-electron chi connectivity index (χ2n) is 6.87. The smallest absolute Gasteiger partial charge is 0.329 e. The molecule has 1 amide bonds. The van der Waals surface area contributed by atoms with E-state index in [0.29, 0.717) is 27.6 Å². The zero-order chi connectivity index (χ0) is 19.1. The van der Waals surface area contributed by atoms with E-state index in [4.69, 9.17) is 0 Å². The lowest BCUT2D eigenvalue weighted by Crippen LogP contribution is -2.39. The first-order chi connectivity index (χ1) is 12.2. The molecule has 0 unspecified atom stereocenters. The normalized spacial score (nSPS) is 14.8. The summed E-state index contributed by atoms with van der Waals surface area (Å²) in [7, 11) is 0. The number of fused-ring (bicyclic) bond motifs is 1. The number of alkyl halides is 3. The summed E-state index contributed by atoms with van der Waals surface area (Å²) in [5.41, 5.74) is 1.47. The molecule has 26 heavy (non-hydrogen) atoms. The number of thiophene rings is 1. The number of rotatable bonds is 6. The molecule has 0 spiro atoms. The molecule has 2 heterocycles. The average Bonchev–Trinajstić information content (AvgIpc) is 3.34. The summed E-state index contributed by atoms with van der Waals surface area (Å²) in [5, 5.41) is 0.796. The second kappa shape index (κ2) is 7.13. The highest BCUT2D eigenvalue weighted by Gasteiger charge is 2.35. The van der Waals surface area contributed by atoms with Crippen molar-refractivity contribution in [1.82, 2.24) is 14.9 Å². The molecule has 1 fully saturated rings. The maximum atomic E-state index is 12.9. The molecule has 1 saturated carbocycles. The predicted molar refractivity (Wildman–Crippen MR) is 95.7 cm³/mol. The number of unbranched alkanes of at least 4 members (excludes halogenated alkanes) is 1. The van der Waals surface area contributed by atoms with Gasteiger partial charge in [-0.15, -0.1) is 11.3 Å². The number of halogens is 3. The van der Waals surface area contributed by atoms with Gasteiger partial charge in [0.15, 0.2) is 0 Å². The van der Waals surface area contributed by atoms with Crippen molar-refractivity contribution in [3.63, 3.8) is 0 Å². The van der Waals surface area contributed by atoms with Crippen molar-refractivity contribution in [2.75, 3.05) is 13.1 Å². The summed E-state index contributed by atoms with van der Waals surface area (Å²) in [4.78, 5) is 23.9. The van der Waals surface area contributed by atoms with E-state index < -0.39 is 18.6 Å². The number of hydrogen-bond donors (Lipinski definition) is 0. The first-order valence-corrected chi connectivity index (χ1v) is 9.66. The van der Waals surface area contributed by atoms with Crippen LogP contribution in [0.5, 0.6) is 0 Å². The maximum Gasteiger partial charge on any atom is 0.406 e. The molecular formula is C18H22F3N3OS. The van der Waals surface area contributed by atoms with Crippen LogP contribution in [0, 0.1) is 13.8 Å². The standard InChI is InChI=1S/C18H22F3N3OS/c1-4-5-8-24(9-18(19,20)21)17(25)14-10(2)13-11(3)22-15(12-6-7-12)23-16(13)26-14/h12H,4-9H2,1-3H3. The van der Waals surface area contributed by atoms with Crippen LogP contribution in [0.3, 0.4) is 0 Å². The van der Waals surface area contributed by atoms with E-state index in [1.807, 2.05) is 13.8 Å². The van der Waals surface area contributed by atoms with Crippen molar-refractivity contribution >= 4 is 27.5 Å². The van der Waals surface area contributed by atoms with Gasteiger partial charge in [-0.05, 0) is 38.7 Å². The monoisotopic (exact) mass is 385 g/mol. The van der Waals surface area contributed by atoms with Crippen LogP contribution in [0.2, 0.25) is 0 Å². The Morgan fingerprint density at radius 3 is 2.54 bits per heavy atom. The summed E-state index contributed by atoms with van der Waals surface area (Å²) in [6.45, 7) is 4.40. The Morgan fingerprint density at radius 2 is 1.96 bits per heavy atom. The molecular weight excluding hydrogens is 363 g/mol. The van der Waals surface area contributed by atoms with Gasteiger partial charge in [0.25, 0.3) is 5.91 Å². The molecule has 0 N–H and O–H groups in total. The number of carbonyl (C=O) groups excluding carboxylic acids is 1. The molecule has 0 bridgehead atoms. The lowest BCUT2D eigenvalue weighted by atomic mass is 10.1. The van der Waals surface area contributed by atoms with Gasteiger partial charge in [-0.1, -0.05) is 13.3 Å². The lowest BCUT2D eigenvalue weighted by Gasteiger charge is -2.23. The number of aryl methyl sites for hydroxylation is 2. The Hall–Kier alpha value is -1.70. The van der Waals surface area contributed by atoms with Crippen LogP contribution in [0.4, 0.5) is 13.2 Å². The Bertz CT molecular complexity index is 827. The molecule has 0 saturated heterocycles. The highest BCUT2D eigenvalue weighted by Crippen LogP contribution is 2.40. The molecule has 142 valence electrons. The van der Waals surface area contributed by atoms with Crippen LogP contribution in [0.25, 0.3) is 10.2 Å². The van der Waals surface area contributed by atoms with Gasteiger partial charge in [-0.3, -0.25) is 4.79 Å². The fourth-order valence-corrected chi connectivity index (χ4v) is 4.26. The number of amides is 1. The molecule has 0 radical (unpaired) electrons. The van der Waals surface area contributed by atoms with Crippen LogP contribution in [-0.2, 0) is 0 Å². The van der Waals surface area contributed by atoms with Gasteiger partial charge in [-0.25, -0.2) is 9.97 Å². The summed E-state index contributed by atoms with van der Waals surface area (Å²) in [6, 6.07) is 0. The third kappa shape index (κ3) is 4.00. The molecule has 0 aliphatic heterocycles. The number of hydrogen-bond acceptors (Lipinski definition) is 4. The molecule has 3 rings (SSSR count). The Morgan fingerprint density at radius 1 is 1.27 bits per heavy atom. The molecule has 2 aromatic heterocycles. The van der Waals surface area contributed by atoms with E-state index in [2.05, 4.69) is 9.97 Å². The topological polar surface area (TPSA) is 46.1 Å². The van der Waals surface area contributed by atoms with Gasteiger partial charge in [0.05, 0.1) is 10.6 Å². The minimum atomic E-state index is -4.41. The average molecular weight is 385 g/mol. The third-order valence-corrected chi connectivity index (χ3v) is 5.74. The summed E-state index contributed by atoms with van der Waals surface area (Å²) in [6.07, 6.45) is -1.02. The van der Waals surface area contributed by atoms with Gasteiger partial charge in [-0.2, -0.15) is 13.2 Å². The van der Waals surface area contributed by atoms with E-state index in [9.17, 15) is 18.0 Å². The van der Waals surface area contributed by atoms with Crippen molar-refractivity contribution in [2.45, 2.75) is 58.5 Å². The van der Waals surface area contributed by atoms with Gasteiger partial charge in [0, 0.05) is 17.8 Å². The van der Waals surface area contributed by atoms with Crippen molar-refractivity contribution in [3.8, 4) is 0 Å². The highest BCUT2D eigenvalue weighted by atomic mass is 32.1. The SMILES string of the molecule is CCCCN(CC(F)(F)F)C(=O)c1sc2nc(C3CC3)nc(C)c2c1C. The first-order valence-electron chi connectivity index (χ1n) is 8.85. The van der Waals surface area contributed by atoms with Gasteiger partial charge >= 0.3 is 6.18 Å². The van der Waals surface area contributed by atoms with Crippen molar-refractivity contribution in [1.29, 1.82) is 0 Å². The first kappa shape index (κ1) is 19.1. The molecule has 1 aliphatic rings. The van der Waals surface area contributed by atoms with Crippen LogP contribution < -0.4 is 0 Å². The van der Waals surface area contributed by atoms with Crippen LogP contribution >= 0.6 is 11.3 Å². The van der Waals surface area contributed by atoms with Crippen molar-refractivity contribution in [3.05, 3.63) is 22.0 Å². The summed E-state index contributed by atoms with van der Waals surface area (Å²) < 4.78 is 38.7. The lowest BCUT2D eigenvalue weighted by molar-refractivity contribution is -0.140. The largest absolute Gasteiger partial charge is 0.406 e. The zero-order valence-corrected chi connectivity index (χ0v) is 15.9. The van der Waals surface area contributed by atoms with E-state index in [1.165, 1.54) is 11.3 Å². The quantitative estimate of drug-likeness (QED) is 0.704. The van der Waals surface area contributed by atoms with Crippen molar-refractivity contribution < 1.29 is 18.0 Å². The molecule has 0 aromatic carbocycles. The minimum absolute atomic E-state index is 0.0977. The van der Waals surface area contributed by atoms with E-state index in [-0.39, 0.29) is 6.54 Å². The Labute approximate surface area is 154 Å². The molecule has 1 aliphatic carbocycles. The van der Waals surface area contributed by atoms with Crippen LogP contribution in [0.1, 0.15) is 65.3 Å². The minimum Gasteiger partial charge on any atom is -0.329 e. The van der Waals surface area contributed by atoms with Crippen LogP contribution in [0.15, 0.2) is 0 Å². The number of nitrogens with zero attached hydrogens (tertiary/aromatic N) is 3. The van der Waals surface area contributed by atoms with E-state index in [0.717, 1.165) is 41.1 Å². The molecule has 2 aromatic rings. The van der Waals surface area contributed by atoms with E-state index >= 15 is 0 Å². The zero-order valence-electron chi connectivity index (χ0n) is 15.1. The second-order valence-corrected chi connectivity index (χ2v) is 7.87. The summed E-state index contributed by atoms with van der Waals surface area (Å²) >= 11 is 1.18. The van der Waals surface area contributed by atoms with E-state index in [1.54, 1.807) is 6.92 Å². The third-order valence-electron chi connectivity index (χ3n) is 4.56. The summed E-state index contributed by atoms with van der Waals surface area (Å²) in [5.74, 6) is 0.600. The fraction of sp³-hybridized carbons (Fsp3) is 0.611. The Balaban J connectivity index is 1.97. The molecule has 8 heteroatoms. The van der Waals surface area contributed by atoms with Gasteiger partial charge < -0.3 is 4.90 Å². The van der Waals surface area contributed by atoms with Gasteiger partial charge in [0.1, 0.15) is 17.2 Å². The fourth-order valence-electron chi connectivity index (χ4n) is 3.05. The Kier molecular flexibility index (Phi) is 5.23.